The van der Waals surface area contributed by atoms with Crippen LogP contribution in [0.15, 0.2) is 42.7 Å². The Hall–Kier alpha value is -3.68. The van der Waals surface area contributed by atoms with Crippen molar-refractivity contribution in [3.63, 3.8) is 0 Å². The molecule has 1 aliphatic rings. The topological polar surface area (TPSA) is 102 Å². The molecule has 1 fully saturated rings. The predicted molar refractivity (Wildman–Crippen MR) is 139 cm³/mol. The van der Waals surface area contributed by atoms with Gasteiger partial charge in [0.1, 0.15) is 17.6 Å². The number of hydrazine groups is 1. The number of hydrogen-bond acceptors (Lipinski definition) is 8. The first-order chi connectivity index (χ1) is 17.3. The Morgan fingerprint density at radius 3 is 2.56 bits per heavy atom. The SMILES string of the molecule is COCCN1CCN(c2ccc(C(=O)NN(CC(C)(C)C)c3cc(C#N)nc4nccn34)cc2)CC1. The number of ether oxygens (including phenoxy) is 1. The number of methoxy groups -OCH3 is 1. The molecule has 0 unspecified atom stereocenters. The molecule has 190 valence electrons. The number of imidazole rings is 1. The number of nitriles is 1. The van der Waals surface area contributed by atoms with Crippen LogP contribution in [-0.4, -0.2) is 78.2 Å². The first kappa shape index (κ1) is 25.4. The molecule has 10 nitrogen and oxygen atoms in total. The fourth-order valence-corrected chi connectivity index (χ4v) is 4.27. The monoisotopic (exact) mass is 490 g/mol. The van der Waals surface area contributed by atoms with E-state index in [2.05, 4.69) is 52.0 Å². The number of hydrogen-bond donors (Lipinski definition) is 1. The van der Waals surface area contributed by atoms with Crippen molar-refractivity contribution in [3.05, 3.63) is 54.0 Å². The van der Waals surface area contributed by atoms with Crippen molar-refractivity contribution in [3.8, 4) is 6.07 Å². The van der Waals surface area contributed by atoms with Crippen molar-refractivity contribution >= 4 is 23.2 Å². The summed E-state index contributed by atoms with van der Waals surface area (Å²) in [5.41, 5.74) is 4.82. The van der Waals surface area contributed by atoms with Crippen molar-refractivity contribution in [2.75, 3.05) is 62.9 Å². The van der Waals surface area contributed by atoms with E-state index in [-0.39, 0.29) is 17.0 Å². The van der Waals surface area contributed by atoms with Gasteiger partial charge in [-0.15, -0.1) is 0 Å². The highest BCUT2D eigenvalue weighted by atomic mass is 16.5. The van der Waals surface area contributed by atoms with Crippen molar-refractivity contribution in [2.24, 2.45) is 5.41 Å². The van der Waals surface area contributed by atoms with Crippen molar-refractivity contribution in [1.29, 1.82) is 5.26 Å². The normalized spacial score (nSPS) is 14.6. The van der Waals surface area contributed by atoms with E-state index in [4.69, 9.17) is 4.74 Å². The van der Waals surface area contributed by atoms with Crippen LogP contribution in [0.1, 0.15) is 36.8 Å². The Kier molecular flexibility index (Phi) is 7.72. The second-order valence-electron chi connectivity index (χ2n) is 10.2. The minimum atomic E-state index is -0.223. The van der Waals surface area contributed by atoms with Crippen LogP contribution >= 0.6 is 0 Å². The lowest BCUT2D eigenvalue weighted by Gasteiger charge is -2.36. The van der Waals surface area contributed by atoms with Crippen LogP contribution in [-0.2, 0) is 4.74 Å². The van der Waals surface area contributed by atoms with Gasteiger partial charge in [0.05, 0.1) is 6.61 Å². The van der Waals surface area contributed by atoms with E-state index in [1.807, 2.05) is 24.3 Å². The molecule has 4 rings (SSSR count). The molecule has 3 heterocycles. The highest BCUT2D eigenvalue weighted by Crippen LogP contribution is 2.23. The summed E-state index contributed by atoms with van der Waals surface area (Å²) < 4.78 is 6.95. The third-order valence-corrected chi connectivity index (χ3v) is 6.09. The maximum atomic E-state index is 13.3. The van der Waals surface area contributed by atoms with Gasteiger partial charge in [0.25, 0.3) is 5.91 Å². The molecule has 0 bridgehead atoms. The molecule has 1 N–H and O–H groups in total. The Morgan fingerprint density at radius 1 is 1.19 bits per heavy atom. The Morgan fingerprint density at radius 2 is 1.92 bits per heavy atom. The van der Waals surface area contributed by atoms with Gasteiger partial charge in [0.15, 0.2) is 0 Å². The van der Waals surface area contributed by atoms with Crippen LogP contribution in [0.2, 0.25) is 0 Å². The Labute approximate surface area is 212 Å². The largest absolute Gasteiger partial charge is 0.383 e. The standard InChI is InChI=1S/C26H34N8O2/c1-26(2,3)19-34(23-17-21(18-27)29-25-28-9-10-33(23)25)30-24(35)20-5-7-22(8-6-20)32-13-11-31(12-14-32)15-16-36-4/h5-10,17H,11-16,19H2,1-4H3,(H,30,35). The molecule has 2 aromatic heterocycles. The molecule has 1 saturated heterocycles. The second kappa shape index (κ2) is 10.9. The fraction of sp³-hybridized carbons (Fsp3) is 0.462. The van der Waals surface area contributed by atoms with Crippen LogP contribution in [0.5, 0.6) is 0 Å². The van der Waals surface area contributed by atoms with E-state index >= 15 is 0 Å². The van der Waals surface area contributed by atoms with E-state index in [0.717, 1.165) is 45.0 Å². The zero-order valence-corrected chi connectivity index (χ0v) is 21.4. The third-order valence-electron chi connectivity index (χ3n) is 6.09. The van der Waals surface area contributed by atoms with E-state index in [0.29, 0.717) is 23.7 Å². The van der Waals surface area contributed by atoms with Gasteiger partial charge < -0.3 is 9.64 Å². The number of fused-ring (bicyclic) bond motifs is 1. The van der Waals surface area contributed by atoms with Gasteiger partial charge in [-0.1, -0.05) is 20.8 Å². The van der Waals surface area contributed by atoms with E-state index in [1.165, 1.54) is 0 Å². The average molecular weight is 491 g/mol. The summed E-state index contributed by atoms with van der Waals surface area (Å²) >= 11 is 0. The van der Waals surface area contributed by atoms with E-state index in [1.54, 1.807) is 35.0 Å². The number of piperazine rings is 1. The average Bonchev–Trinajstić information content (AvgIpc) is 3.35. The summed E-state index contributed by atoms with van der Waals surface area (Å²) in [4.78, 5) is 26.5. The van der Waals surface area contributed by atoms with E-state index < -0.39 is 0 Å². The van der Waals surface area contributed by atoms with Gasteiger partial charge in [0, 0.05) is 76.1 Å². The molecule has 0 atom stereocenters. The highest BCUT2D eigenvalue weighted by molar-refractivity contribution is 5.95. The Balaban J connectivity index is 1.49. The van der Waals surface area contributed by atoms with Gasteiger partial charge in [-0.3, -0.25) is 24.5 Å². The molecule has 1 amide bonds. The molecule has 1 aliphatic heterocycles. The number of carbonyl (C=O) groups excluding carboxylic acids is 1. The van der Waals surface area contributed by atoms with Gasteiger partial charge in [-0.25, -0.2) is 9.97 Å². The summed E-state index contributed by atoms with van der Waals surface area (Å²) in [6.07, 6.45) is 3.39. The molecule has 10 heteroatoms. The smallest absolute Gasteiger partial charge is 0.269 e. The maximum Gasteiger partial charge on any atom is 0.269 e. The fourth-order valence-electron chi connectivity index (χ4n) is 4.27. The minimum Gasteiger partial charge on any atom is -0.383 e. The predicted octanol–water partition coefficient (Wildman–Crippen LogP) is 2.57. The van der Waals surface area contributed by atoms with Gasteiger partial charge >= 0.3 is 0 Å². The molecule has 36 heavy (non-hydrogen) atoms. The molecule has 0 saturated carbocycles. The van der Waals surface area contributed by atoms with Crippen LogP contribution in [0.3, 0.4) is 0 Å². The molecule has 0 spiro atoms. The number of amides is 1. The zero-order chi connectivity index (χ0) is 25.7. The third kappa shape index (κ3) is 6.11. The Bertz CT molecular complexity index is 1220. The van der Waals surface area contributed by atoms with Crippen molar-refractivity contribution in [1.82, 2.24) is 24.7 Å². The van der Waals surface area contributed by atoms with Crippen LogP contribution in [0, 0.1) is 16.7 Å². The van der Waals surface area contributed by atoms with Crippen molar-refractivity contribution < 1.29 is 9.53 Å². The first-order valence-corrected chi connectivity index (χ1v) is 12.2. The number of nitrogens with zero attached hydrogens (tertiary/aromatic N) is 7. The molecule has 3 aromatic rings. The number of rotatable bonds is 8. The van der Waals surface area contributed by atoms with Crippen LogP contribution in [0.25, 0.3) is 5.78 Å². The second-order valence-corrected chi connectivity index (χ2v) is 10.2. The lowest BCUT2D eigenvalue weighted by atomic mass is 9.96. The molecular formula is C26H34N8O2. The lowest BCUT2D eigenvalue weighted by Crippen LogP contribution is -2.47. The summed E-state index contributed by atoms with van der Waals surface area (Å²) in [6.45, 7) is 12.4. The van der Waals surface area contributed by atoms with Crippen LogP contribution < -0.4 is 15.3 Å². The summed E-state index contributed by atoms with van der Waals surface area (Å²) in [5, 5.41) is 11.2. The number of benzene rings is 1. The maximum absolute atomic E-state index is 13.3. The van der Waals surface area contributed by atoms with Gasteiger partial charge in [-0.05, 0) is 29.7 Å². The molecule has 1 aromatic carbocycles. The highest BCUT2D eigenvalue weighted by Gasteiger charge is 2.23. The number of anilines is 2. The lowest BCUT2D eigenvalue weighted by molar-refractivity contribution is 0.0945. The number of carbonyl (C=O) groups is 1. The number of nitrogens with one attached hydrogen (secondary N) is 1. The zero-order valence-electron chi connectivity index (χ0n) is 21.4. The first-order valence-electron chi connectivity index (χ1n) is 12.2. The summed E-state index contributed by atoms with van der Waals surface area (Å²) in [7, 11) is 1.73. The summed E-state index contributed by atoms with van der Waals surface area (Å²) in [5.74, 6) is 0.808. The summed E-state index contributed by atoms with van der Waals surface area (Å²) in [6, 6.07) is 11.5. The number of aromatic nitrogens is 3. The molecule has 0 radical (unpaired) electrons. The minimum absolute atomic E-state index is 0.133. The molecule has 0 aliphatic carbocycles. The van der Waals surface area contributed by atoms with E-state index in [9.17, 15) is 10.1 Å². The van der Waals surface area contributed by atoms with Gasteiger partial charge in [0.2, 0.25) is 5.78 Å². The quantitative estimate of drug-likeness (QED) is 0.481. The van der Waals surface area contributed by atoms with Crippen LogP contribution in [0.4, 0.5) is 11.5 Å². The van der Waals surface area contributed by atoms with Crippen molar-refractivity contribution in [2.45, 2.75) is 20.8 Å². The molecular weight excluding hydrogens is 456 g/mol. The van der Waals surface area contributed by atoms with Gasteiger partial charge in [-0.2, -0.15) is 5.26 Å².